The number of nitrogens with two attached hydrogens (primary N) is 1. The van der Waals surface area contributed by atoms with Crippen LogP contribution >= 0.6 is 0 Å². The second-order valence-corrected chi connectivity index (χ2v) is 7.51. The van der Waals surface area contributed by atoms with E-state index in [0.29, 0.717) is 12.5 Å². The zero-order chi connectivity index (χ0) is 19.2. The minimum atomic E-state index is -0.670. The Hall–Kier alpha value is -0.570. The van der Waals surface area contributed by atoms with Gasteiger partial charge in [0.1, 0.15) is 0 Å². The lowest BCUT2D eigenvalue weighted by Gasteiger charge is -2.04. The lowest BCUT2D eigenvalue weighted by Crippen LogP contribution is -2.13. The predicted octanol–water partition coefficient (Wildman–Crippen LogP) is 7.08. The van der Waals surface area contributed by atoms with Crippen LogP contribution < -0.4 is 5.73 Å². The lowest BCUT2D eigenvalue weighted by atomic mass is 10.0. The molecule has 0 radical (unpaired) electrons. The molecule has 0 aromatic heterocycles. The van der Waals surface area contributed by atoms with E-state index in [9.17, 15) is 4.79 Å². The van der Waals surface area contributed by atoms with Crippen LogP contribution in [0.15, 0.2) is 0 Å². The molecule has 25 heavy (non-hydrogen) atoms. The van der Waals surface area contributed by atoms with Gasteiger partial charge in [-0.2, -0.15) is 0 Å². The van der Waals surface area contributed by atoms with Crippen molar-refractivity contribution < 1.29 is 9.90 Å². The maximum absolute atomic E-state index is 10.0. The van der Waals surface area contributed by atoms with Crippen LogP contribution in [0.25, 0.3) is 0 Å². The zero-order valence-electron chi connectivity index (χ0n) is 17.5. The summed E-state index contributed by atoms with van der Waals surface area (Å²) < 4.78 is 0. The fraction of sp³-hybridized carbons (Fsp3) is 0.955. The van der Waals surface area contributed by atoms with Crippen LogP contribution in [0, 0.1) is 0 Å². The Balaban J connectivity index is 0. The van der Waals surface area contributed by atoms with Crippen molar-refractivity contribution in [2.24, 2.45) is 5.73 Å². The summed E-state index contributed by atoms with van der Waals surface area (Å²) >= 11 is 0. The molecule has 0 aromatic carbocycles. The number of carboxylic acid groups (broad SMARTS) is 1. The van der Waals surface area contributed by atoms with Crippen molar-refractivity contribution in [2.45, 2.75) is 136 Å². The highest BCUT2D eigenvalue weighted by Crippen LogP contribution is 2.11. The largest absolute Gasteiger partial charge is 0.481 e. The second kappa shape index (κ2) is 23.4. The minimum absolute atomic E-state index is 0.337. The molecule has 0 spiro atoms. The number of hydrogen-bond acceptors (Lipinski definition) is 2. The topological polar surface area (TPSA) is 63.3 Å². The number of unbranched alkanes of at least 4 members (excludes halogenated alkanes) is 13. The number of carbonyl (C=O) groups is 1. The Morgan fingerprint density at radius 3 is 1.44 bits per heavy atom. The quantitative estimate of drug-likeness (QED) is 0.273. The normalized spacial score (nSPS) is 11.7. The molecular weight excluding hydrogens is 310 g/mol. The molecule has 0 fully saturated rings. The smallest absolute Gasteiger partial charge is 0.303 e. The molecule has 0 amide bonds. The van der Waals surface area contributed by atoms with Crippen molar-refractivity contribution in [3.8, 4) is 0 Å². The van der Waals surface area contributed by atoms with E-state index < -0.39 is 5.97 Å². The molecule has 3 nitrogen and oxygen atoms in total. The average Bonchev–Trinajstić information content (AvgIpc) is 2.56. The second-order valence-electron chi connectivity index (χ2n) is 7.51. The van der Waals surface area contributed by atoms with E-state index in [1.165, 1.54) is 89.9 Å². The Morgan fingerprint density at radius 2 is 1.08 bits per heavy atom. The highest BCUT2D eigenvalue weighted by molar-refractivity contribution is 5.66. The summed E-state index contributed by atoms with van der Waals surface area (Å²) in [7, 11) is 0. The third-order valence-corrected chi connectivity index (χ3v) is 4.51. The van der Waals surface area contributed by atoms with E-state index in [1.54, 1.807) is 0 Å². The first-order chi connectivity index (χ1) is 12.0. The molecule has 0 rings (SSSR count). The van der Waals surface area contributed by atoms with Gasteiger partial charge in [-0.3, -0.25) is 4.79 Å². The lowest BCUT2D eigenvalue weighted by molar-refractivity contribution is -0.137. The van der Waals surface area contributed by atoms with Crippen molar-refractivity contribution in [2.75, 3.05) is 0 Å². The first kappa shape index (κ1) is 26.7. The van der Waals surface area contributed by atoms with E-state index >= 15 is 0 Å². The number of carboxylic acids is 1. The summed E-state index contributed by atoms with van der Waals surface area (Å²) in [6.07, 6.45) is 21.2. The number of aliphatic carboxylic acids is 1. The van der Waals surface area contributed by atoms with Crippen molar-refractivity contribution in [1.29, 1.82) is 0 Å². The zero-order valence-corrected chi connectivity index (χ0v) is 17.5. The summed E-state index contributed by atoms with van der Waals surface area (Å²) in [6.45, 7) is 6.53. The molecule has 1 atom stereocenters. The van der Waals surface area contributed by atoms with E-state index in [-0.39, 0.29) is 0 Å². The van der Waals surface area contributed by atoms with Gasteiger partial charge in [-0.25, -0.2) is 0 Å². The van der Waals surface area contributed by atoms with Crippen LogP contribution in [0.1, 0.15) is 130 Å². The summed E-state index contributed by atoms with van der Waals surface area (Å²) in [5.74, 6) is -0.670. The van der Waals surface area contributed by atoms with Gasteiger partial charge >= 0.3 is 5.97 Å². The summed E-state index contributed by atoms with van der Waals surface area (Å²) in [6, 6.07) is 0.402. The van der Waals surface area contributed by atoms with Gasteiger partial charge in [0.15, 0.2) is 0 Å². The molecule has 0 saturated carbocycles. The van der Waals surface area contributed by atoms with E-state index in [2.05, 4.69) is 20.8 Å². The molecule has 3 heteroatoms. The molecule has 0 aliphatic heterocycles. The van der Waals surface area contributed by atoms with Gasteiger partial charge < -0.3 is 10.8 Å². The first-order valence-corrected chi connectivity index (χ1v) is 11.0. The average molecular weight is 358 g/mol. The van der Waals surface area contributed by atoms with E-state index in [4.69, 9.17) is 10.8 Å². The predicted molar refractivity (Wildman–Crippen MR) is 111 cm³/mol. The van der Waals surface area contributed by atoms with Crippen molar-refractivity contribution >= 4 is 5.97 Å². The van der Waals surface area contributed by atoms with Crippen LogP contribution in [0.3, 0.4) is 0 Å². The molecule has 1 unspecified atom stereocenters. The van der Waals surface area contributed by atoms with Crippen LogP contribution in [0.2, 0.25) is 0 Å². The Kier molecular flexibility index (Phi) is 25.0. The molecule has 0 heterocycles. The maximum Gasteiger partial charge on any atom is 0.303 e. The fourth-order valence-corrected chi connectivity index (χ4v) is 2.83. The third kappa shape index (κ3) is 31.7. The highest BCUT2D eigenvalue weighted by Gasteiger charge is 1.95. The fourth-order valence-electron chi connectivity index (χ4n) is 2.83. The number of rotatable bonds is 17. The molecule has 3 N–H and O–H groups in total. The van der Waals surface area contributed by atoms with Gasteiger partial charge in [-0.15, -0.1) is 0 Å². The van der Waals surface area contributed by atoms with Gasteiger partial charge in [-0.1, -0.05) is 104 Å². The molecule has 0 saturated heterocycles. The molecule has 0 bridgehead atoms. The van der Waals surface area contributed by atoms with Crippen molar-refractivity contribution in [1.82, 2.24) is 0 Å². The Bertz CT molecular complexity index is 254. The standard InChI is InChI=1S/C14H31N.C8H16O2/c1-3-4-5-6-7-8-9-10-11-12-13-14(2)15;1-2-3-4-5-6-7-8(9)10/h14H,3-13,15H2,1-2H3;2-7H2,1H3,(H,9,10). The van der Waals surface area contributed by atoms with Crippen LogP contribution in [0.5, 0.6) is 0 Å². The van der Waals surface area contributed by atoms with Gasteiger partial charge in [0, 0.05) is 12.5 Å². The Morgan fingerprint density at radius 1 is 0.720 bits per heavy atom. The van der Waals surface area contributed by atoms with Crippen molar-refractivity contribution in [3.63, 3.8) is 0 Å². The van der Waals surface area contributed by atoms with Crippen LogP contribution in [0.4, 0.5) is 0 Å². The van der Waals surface area contributed by atoms with Gasteiger partial charge in [0.25, 0.3) is 0 Å². The Labute approximate surface area is 158 Å². The van der Waals surface area contributed by atoms with E-state index in [1.807, 2.05) is 0 Å². The van der Waals surface area contributed by atoms with Gasteiger partial charge in [0.05, 0.1) is 0 Å². The molecule has 0 aromatic rings. The summed E-state index contributed by atoms with van der Waals surface area (Å²) in [4.78, 5) is 10.0. The monoisotopic (exact) mass is 357 g/mol. The SMILES string of the molecule is CCCCCCCC(=O)O.CCCCCCCCCCCCC(C)N. The minimum Gasteiger partial charge on any atom is -0.481 e. The van der Waals surface area contributed by atoms with Gasteiger partial charge in [-0.05, 0) is 19.8 Å². The maximum atomic E-state index is 10.0. The van der Waals surface area contributed by atoms with Crippen LogP contribution in [-0.4, -0.2) is 17.1 Å². The molecular formula is C22H47NO2. The molecule has 152 valence electrons. The van der Waals surface area contributed by atoms with Crippen molar-refractivity contribution in [3.05, 3.63) is 0 Å². The van der Waals surface area contributed by atoms with Crippen LogP contribution in [-0.2, 0) is 4.79 Å². The third-order valence-electron chi connectivity index (χ3n) is 4.51. The first-order valence-electron chi connectivity index (χ1n) is 11.0. The number of hydrogen-bond donors (Lipinski definition) is 2. The molecule has 0 aliphatic rings. The summed E-state index contributed by atoms with van der Waals surface area (Å²) in [5, 5.41) is 8.27. The van der Waals surface area contributed by atoms with E-state index in [0.717, 1.165) is 12.8 Å². The highest BCUT2D eigenvalue weighted by atomic mass is 16.4. The van der Waals surface area contributed by atoms with Gasteiger partial charge in [0.2, 0.25) is 0 Å². The molecule has 0 aliphatic carbocycles. The summed E-state index contributed by atoms with van der Waals surface area (Å²) in [5.41, 5.74) is 5.70.